The largest absolute Gasteiger partial charge is 0.394 e. The molecule has 2 amide bonds. The predicted octanol–water partition coefficient (Wildman–Crippen LogP) is -21.4. The Labute approximate surface area is 621 Å². The van der Waals surface area contributed by atoms with Gasteiger partial charge in [0.05, 0.1) is 78.7 Å². The van der Waals surface area contributed by atoms with E-state index in [1.165, 1.54) is 0 Å². The van der Waals surface area contributed by atoms with E-state index in [0.29, 0.717) is 0 Å². The second kappa shape index (κ2) is 40.5. The molecule has 9 rings (SSSR count). The lowest BCUT2D eigenvalue weighted by molar-refractivity contribution is -0.402. The molecule has 640 valence electrons. The molecule has 110 heavy (non-hydrogen) atoms. The van der Waals surface area contributed by atoms with Crippen molar-refractivity contribution < 1.29 is 238 Å². The summed E-state index contributed by atoms with van der Waals surface area (Å²) in [7, 11) is 0. The van der Waals surface area contributed by atoms with Crippen molar-refractivity contribution in [3.8, 4) is 0 Å². The van der Waals surface area contributed by atoms with Crippen molar-refractivity contribution in [3.05, 3.63) is 0 Å². The van der Waals surface area contributed by atoms with Crippen molar-refractivity contribution in [2.75, 3.05) is 72.7 Å². The van der Waals surface area contributed by atoms with Gasteiger partial charge in [0.25, 0.3) is 0 Å². The van der Waals surface area contributed by atoms with Crippen LogP contribution in [0.5, 0.6) is 0 Å². The molecule has 9 heterocycles. The number of carbonyl (C=O) groups is 2. The van der Waals surface area contributed by atoms with E-state index in [1.54, 1.807) is 0 Å². The maximum atomic E-state index is 12.1. The topological polar surface area (TPSA) is 791 Å². The van der Waals surface area contributed by atoms with Gasteiger partial charge >= 0.3 is 0 Å². The molecule has 50 heteroatoms. The van der Waals surface area contributed by atoms with Crippen LogP contribution in [0.25, 0.3) is 0 Å². The molecule has 0 aliphatic carbocycles. The lowest BCUT2D eigenvalue weighted by Crippen LogP contribution is -2.69. The van der Waals surface area contributed by atoms with E-state index in [-0.39, 0.29) is 6.41 Å². The van der Waals surface area contributed by atoms with E-state index >= 15 is 0 Å². The summed E-state index contributed by atoms with van der Waals surface area (Å²) in [5.74, 6) is -0.797. The summed E-state index contributed by atoms with van der Waals surface area (Å²) >= 11 is 0. The number of nitrogens with one attached hydrogen (secondary N) is 2. The quantitative estimate of drug-likeness (QED) is 0.0278. The van der Waals surface area contributed by atoms with Crippen molar-refractivity contribution in [1.82, 2.24) is 10.6 Å². The Balaban J connectivity index is 0.864. The highest BCUT2D eigenvalue weighted by molar-refractivity contribution is 5.73. The molecule has 0 saturated carbocycles. The van der Waals surface area contributed by atoms with Crippen molar-refractivity contribution in [2.24, 2.45) is 0 Å². The summed E-state index contributed by atoms with van der Waals surface area (Å²) in [6.07, 6.45) is -91.3. The average Bonchev–Trinajstić information content (AvgIpc) is 0.773. The third kappa shape index (κ3) is 19.6. The fourth-order valence-corrected chi connectivity index (χ4v) is 13.9. The second-order valence-electron chi connectivity index (χ2n) is 27.4. The Hall–Kier alpha value is -2.90. The van der Waals surface area contributed by atoms with Gasteiger partial charge in [-0.2, -0.15) is 0 Å². The van der Waals surface area contributed by atoms with E-state index in [1.807, 2.05) is 0 Å². The van der Waals surface area contributed by atoms with Crippen molar-refractivity contribution >= 4 is 12.3 Å². The normalized spacial score (nSPS) is 50.0. The number of ether oxygens (including phenoxy) is 18. The zero-order chi connectivity index (χ0) is 80.8. The molecule has 9 fully saturated rings. The summed E-state index contributed by atoms with van der Waals surface area (Å²) in [6, 6.07) is -2.64. The fraction of sp³-hybridized carbons (Fsp3) is 0.967. The minimum atomic E-state index is -2.44. The van der Waals surface area contributed by atoms with Crippen LogP contribution in [0.15, 0.2) is 0 Å². The molecule has 30 N–H and O–H groups in total. The third-order valence-electron chi connectivity index (χ3n) is 20.1. The van der Waals surface area contributed by atoms with Gasteiger partial charge in [-0.15, -0.1) is 0 Å². The number of aliphatic hydroxyl groups is 28. The first-order valence-corrected chi connectivity index (χ1v) is 34.9. The number of amides is 2. The van der Waals surface area contributed by atoms with E-state index in [0.717, 1.165) is 6.92 Å². The van der Waals surface area contributed by atoms with Crippen LogP contribution in [0.3, 0.4) is 0 Å². The maximum absolute atomic E-state index is 12.1. The monoisotopic (exact) mass is 1620 g/mol. The SMILES string of the molecule is CC(=O)N[C@H]1[C@H](O[C@H]2[C@@H](O)[C@@H](CO)O[C@H](O[C@H]3[C@@H](O)[C@@H](CO)O[C@H](O[C@H]4[C@@H](O)[C@@H](CO)O[C@H](O[C@H]5[C@@H](O)[C@@H](CO)O[C@H](O[C@H]6[C@@H](O)[C@@H](CO)O[C@H](O[C@H]7[C@@H](O)[C@@H](CO)O[C@H](O[C@@H]8[C@H](O)[C@@H](O)[C@H](O[C@H]9[C@H](O)[C@@H](O)[C@H](OC[C@@H](CO)NC=O)O[C@@H]9CO)O[C@@H]8CO)[C@@H]7O)[C@@H]6O)[C@@H]5O)[C@@H]4O)[C@@H]3O)[C@@H]2O)O[C@H](CO)[C@H](O)[C@@H]1O. The minimum absolute atomic E-state index is 0.257. The summed E-state index contributed by atoms with van der Waals surface area (Å²) in [5, 5.41) is 313. The number of aliphatic hydroxyl groups excluding tert-OH is 28. The maximum Gasteiger partial charge on any atom is 0.217 e. The van der Waals surface area contributed by atoms with Crippen molar-refractivity contribution in [1.29, 1.82) is 0 Å². The van der Waals surface area contributed by atoms with E-state index in [4.69, 9.17) is 85.3 Å². The van der Waals surface area contributed by atoms with Gasteiger partial charge in [0, 0.05) is 6.92 Å². The molecule has 50 nitrogen and oxygen atoms in total. The Morgan fingerprint density at radius 2 is 0.518 bits per heavy atom. The Bertz CT molecular complexity index is 2770. The van der Waals surface area contributed by atoms with E-state index in [2.05, 4.69) is 10.6 Å². The fourth-order valence-electron chi connectivity index (χ4n) is 13.9. The number of hydrogen-bond donors (Lipinski definition) is 30. The minimum Gasteiger partial charge on any atom is -0.394 e. The van der Waals surface area contributed by atoms with Crippen LogP contribution in [0.4, 0.5) is 0 Å². The van der Waals surface area contributed by atoms with Crippen LogP contribution >= 0.6 is 0 Å². The first-order valence-electron chi connectivity index (χ1n) is 34.9. The Kier molecular flexibility index (Phi) is 33.5. The van der Waals surface area contributed by atoms with Crippen LogP contribution in [-0.4, -0.2) is 510 Å². The highest BCUT2D eigenvalue weighted by Gasteiger charge is 2.61. The molecular weight excluding hydrogens is 1520 g/mol. The van der Waals surface area contributed by atoms with Gasteiger partial charge in [0.15, 0.2) is 56.6 Å². The first kappa shape index (κ1) is 91.0. The van der Waals surface area contributed by atoms with Crippen LogP contribution in [-0.2, 0) is 94.9 Å². The molecule has 0 unspecified atom stereocenters. The second-order valence-corrected chi connectivity index (χ2v) is 27.4. The predicted molar refractivity (Wildman–Crippen MR) is 332 cm³/mol. The Morgan fingerprint density at radius 3 is 0.782 bits per heavy atom. The molecule has 9 aliphatic heterocycles. The van der Waals surface area contributed by atoms with Crippen molar-refractivity contribution in [3.63, 3.8) is 0 Å². The molecule has 0 bridgehead atoms. The van der Waals surface area contributed by atoms with Gasteiger partial charge in [-0.05, 0) is 0 Å². The highest BCUT2D eigenvalue weighted by atomic mass is 16.8. The summed E-state index contributed by atoms with van der Waals surface area (Å²) < 4.78 is 102. The van der Waals surface area contributed by atoms with Gasteiger partial charge in [-0.1, -0.05) is 0 Å². The van der Waals surface area contributed by atoms with Gasteiger partial charge in [-0.3, -0.25) is 9.59 Å². The van der Waals surface area contributed by atoms with Crippen LogP contribution in [0, 0.1) is 0 Å². The standard InChI is InChI=1S/C60H102N2O48/c1-14(74)62-25-33(82)26(75)16(3-64)94-52(25)105-46-27(76)17(4-65)96-56(38(46)87)107-48-29(78)19(6-67)98-58(40(48)89)109-50-31(80)21(8-69)100-60(42(50)91)110-51-32(81)22(9-70)99-59(43(51)92)108-49-30(79)20(7-68)97-57(41(49)90)106-47-28(77)18(5-66)95-55(39(47)88)104-45-24(11-72)102-54(37(86)35(45)84)103-44-23(10-71)101-53(36(85)34(44)83)93-12-15(2-63)61-13-73/h13,15-60,63-72,75-92H,2-12H2,1H3,(H,61,73)(H,62,74)/t15-,16-,17-,18-,19-,20-,21-,22-,23-,24-,25-,26+,27+,28+,29+,30+,31+,32+,33-,34-,35-,36-,37-,38-,39-,40-,41-,42-,43-,44-,45+,46+,47+,48+,49+,50+,51+,52+,53-,54+,55-,56-,57-,58-,59-,60-/m1/s1. The molecule has 0 spiro atoms. The van der Waals surface area contributed by atoms with E-state index in [9.17, 15) is 153 Å². The lowest BCUT2D eigenvalue weighted by Gasteiger charge is -2.50. The van der Waals surface area contributed by atoms with E-state index < -0.39 is 361 Å². The zero-order valence-corrected chi connectivity index (χ0v) is 58.1. The molecule has 0 aromatic carbocycles. The number of hydrogen-bond acceptors (Lipinski definition) is 48. The summed E-state index contributed by atoms with van der Waals surface area (Å²) in [5.41, 5.74) is 0. The van der Waals surface area contributed by atoms with Crippen LogP contribution in [0.2, 0.25) is 0 Å². The van der Waals surface area contributed by atoms with Crippen LogP contribution < -0.4 is 10.6 Å². The summed E-state index contributed by atoms with van der Waals surface area (Å²) in [4.78, 5) is 23.0. The Morgan fingerprint density at radius 1 is 0.291 bits per heavy atom. The average molecular weight is 1620 g/mol. The van der Waals surface area contributed by atoms with Crippen LogP contribution in [0.1, 0.15) is 6.92 Å². The molecule has 9 saturated heterocycles. The first-order chi connectivity index (χ1) is 52.3. The number of carbonyl (C=O) groups excluding carboxylic acids is 2. The molecule has 0 aromatic rings. The smallest absolute Gasteiger partial charge is 0.217 e. The molecule has 46 atom stereocenters. The molecule has 9 aliphatic rings. The number of rotatable bonds is 32. The molecule has 0 radical (unpaired) electrons. The highest BCUT2D eigenvalue weighted by Crippen LogP contribution is 2.40. The van der Waals surface area contributed by atoms with Crippen molar-refractivity contribution in [2.45, 2.75) is 289 Å². The molecule has 0 aromatic heterocycles. The van der Waals surface area contributed by atoms with Gasteiger partial charge < -0.3 is 239 Å². The van der Waals surface area contributed by atoms with Gasteiger partial charge in [-0.25, -0.2) is 0 Å². The summed E-state index contributed by atoms with van der Waals surface area (Å²) in [6.45, 7) is -9.84. The zero-order valence-electron chi connectivity index (χ0n) is 58.1. The van der Waals surface area contributed by atoms with Gasteiger partial charge in [0.1, 0.15) is 220 Å². The molecular formula is C60H102N2O48. The third-order valence-corrected chi connectivity index (χ3v) is 20.1. The van der Waals surface area contributed by atoms with Gasteiger partial charge in [0.2, 0.25) is 12.3 Å². The lowest BCUT2D eigenvalue weighted by atomic mass is 9.94.